The summed E-state index contributed by atoms with van der Waals surface area (Å²) in [7, 11) is 5.70. The van der Waals surface area contributed by atoms with E-state index in [1.165, 1.54) is 0 Å². The van der Waals surface area contributed by atoms with E-state index in [0.717, 1.165) is 12.2 Å². The van der Waals surface area contributed by atoms with E-state index in [9.17, 15) is 0 Å². The van der Waals surface area contributed by atoms with Gasteiger partial charge in [-0.3, -0.25) is 0 Å². The van der Waals surface area contributed by atoms with Gasteiger partial charge in [0.2, 0.25) is 11.9 Å². The molecule has 0 bridgehead atoms. The molecule has 1 N–H and O–H groups in total. The third kappa shape index (κ3) is 2.55. The number of aromatic nitrogens is 5. The molecule has 0 atom stereocenters. The van der Waals surface area contributed by atoms with Crippen molar-refractivity contribution in [2.24, 2.45) is 7.05 Å². The molecule has 0 amide bonds. The van der Waals surface area contributed by atoms with E-state index in [1.54, 1.807) is 6.33 Å². The molecular formula is C11H17N7. The number of aryl methyl sites for hydroxylation is 1. The number of hydrogen-bond donors (Lipinski definition) is 1. The first kappa shape index (κ1) is 12.3. The van der Waals surface area contributed by atoms with Gasteiger partial charge >= 0.3 is 0 Å². The van der Waals surface area contributed by atoms with Gasteiger partial charge in [0, 0.05) is 33.9 Å². The summed E-state index contributed by atoms with van der Waals surface area (Å²) in [6.07, 6.45) is 3.60. The fourth-order valence-electron chi connectivity index (χ4n) is 1.44. The van der Waals surface area contributed by atoms with Crippen LogP contribution in [0.25, 0.3) is 11.5 Å². The van der Waals surface area contributed by atoms with E-state index >= 15 is 0 Å². The SMILES string of the molecule is CCNc1nc(-c2cn(C)cn2)nc(N(C)C)n1. The van der Waals surface area contributed by atoms with Gasteiger partial charge in [-0.2, -0.15) is 15.0 Å². The molecule has 0 aromatic carbocycles. The number of hydrogen-bond acceptors (Lipinski definition) is 6. The van der Waals surface area contributed by atoms with Gasteiger partial charge in [0.1, 0.15) is 5.69 Å². The highest BCUT2D eigenvalue weighted by Crippen LogP contribution is 2.16. The Morgan fingerprint density at radius 3 is 2.61 bits per heavy atom. The van der Waals surface area contributed by atoms with Crippen LogP contribution in [0.15, 0.2) is 12.5 Å². The lowest BCUT2D eigenvalue weighted by Gasteiger charge is -2.12. The molecule has 2 aromatic heterocycles. The van der Waals surface area contributed by atoms with Crippen LogP contribution >= 0.6 is 0 Å². The van der Waals surface area contributed by atoms with Crippen molar-refractivity contribution in [3.05, 3.63) is 12.5 Å². The smallest absolute Gasteiger partial charge is 0.230 e. The summed E-state index contributed by atoms with van der Waals surface area (Å²) in [5.41, 5.74) is 0.738. The maximum atomic E-state index is 4.39. The van der Waals surface area contributed by atoms with Gasteiger partial charge in [-0.25, -0.2) is 4.98 Å². The molecule has 0 aliphatic carbocycles. The van der Waals surface area contributed by atoms with Crippen LogP contribution in [-0.4, -0.2) is 45.1 Å². The molecule has 0 radical (unpaired) electrons. The van der Waals surface area contributed by atoms with Crippen molar-refractivity contribution in [3.8, 4) is 11.5 Å². The van der Waals surface area contributed by atoms with Crippen molar-refractivity contribution in [2.75, 3.05) is 30.9 Å². The summed E-state index contributed by atoms with van der Waals surface area (Å²) < 4.78 is 1.86. The van der Waals surface area contributed by atoms with Crippen LogP contribution in [0.4, 0.5) is 11.9 Å². The van der Waals surface area contributed by atoms with E-state index < -0.39 is 0 Å². The zero-order valence-corrected chi connectivity index (χ0v) is 11.0. The second-order valence-electron chi connectivity index (χ2n) is 4.13. The lowest BCUT2D eigenvalue weighted by atomic mass is 10.4. The second kappa shape index (κ2) is 4.99. The third-order valence-electron chi connectivity index (χ3n) is 2.29. The van der Waals surface area contributed by atoms with Gasteiger partial charge in [0.25, 0.3) is 0 Å². The molecule has 0 aliphatic heterocycles. The van der Waals surface area contributed by atoms with Crippen molar-refractivity contribution in [2.45, 2.75) is 6.92 Å². The predicted octanol–water partition coefficient (Wildman–Crippen LogP) is 0.770. The molecule has 96 valence electrons. The van der Waals surface area contributed by atoms with Crippen molar-refractivity contribution >= 4 is 11.9 Å². The third-order valence-corrected chi connectivity index (χ3v) is 2.29. The van der Waals surface area contributed by atoms with Crippen LogP contribution in [-0.2, 0) is 7.05 Å². The molecule has 7 nitrogen and oxygen atoms in total. The highest BCUT2D eigenvalue weighted by Gasteiger charge is 2.11. The Morgan fingerprint density at radius 1 is 1.28 bits per heavy atom. The standard InChI is InChI=1S/C11H17N7/c1-5-12-10-14-9(8-6-18(4)7-13-8)15-11(16-10)17(2)3/h6-7H,5H2,1-4H3,(H,12,14,15,16). The Balaban J connectivity index is 2.45. The number of anilines is 2. The minimum atomic E-state index is 0.567. The molecule has 7 heteroatoms. The summed E-state index contributed by atoms with van der Waals surface area (Å²) in [4.78, 5) is 19.1. The van der Waals surface area contributed by atoms with Crippen LogP contribution < -0.4 is 10.2 Å². The van der Waals surface area contributed by atoms with Gasteiger partial charge in [-0.15, -0.1) is 0 Å². The lowest BCUT2D eigenvalue weighted by Crippen LogP contribution is -2.15. The normalized spacial score (nSPS) is 10.4. The average Bonchev–Trinajstić information content (AvgIpc) is 2.76. The molecule has 2 aromatic rings. The quantitative estimate of drug-likeness (QED) is 0.860. The largest absolute Gasteiger partial charge is 0.354 e. The zero-order valence-electron chi connectivity index (χ0n) is 11.0. The Kier molecular flexibility index (Phi) is 3.40. The molecule has 0 saturated heterocycles. The van der Waals surface area contributed by atoms with E-state index in [-0.39, 0.29) is 0 Å². The van der Waals surface area contributed by atoms with Gasteiger partial charge in [0.05, 0.1) is 6.33 Å². The fraction of sp³-hybridized carbons (Fsp3) is 0.455. The molecule has 0 aliphatic rings. The van der Waals surface area contributed by atoms with Crippen LogP contribution in [0.3, 0.4) is 0 Å². The Morgan fingerprint density at radius 2 is 2.06 bits per heavy atom. The first-order chi connectivity index (χ1) is 8.60. The summed E-state index contributed by atoms with van der Waals surface area (Å²) >= 11 is 0. The van der Waals surface area contributed by atoms with Crippen molar-refractivity contribution in [3.63, 3.8) is 0 Å². The lowest BCUT2D eigenvalue weighted by molar-refractivity contribution is 0.913. The molecule has 0 saturated carbocycles. The minimum Gasteiger partial charge on any atom is -0.354 e. The Bertz CT molecular complexity index is 532. The van der Waals surface area contributed by atoms with E-state index in [0.29, 0.717) is 17.7 Å². The molecule has 2 rings (SSSR count). The summed E-state index contributed by atoms with van der Waals surface area (Å²) in [6.45, 7) is 2.76. The van der Waals surface area contributed by atoms with Crippen LogP contribution in [0, 0.1) is 0 Å². The highest BCUT2D eigenvalue weighted by atomic mass is 15.3. The number of nitrogens with zero attached hydrogens (tertiary/aromatic N) is 6. The second-order valence-corrected chi connectivity index (χ2v) is 4.13. The van der Waals surface area contributed by atoms with Gasteiger partial charge in [0.15, 0.2) is 5.82 Å². The minimum absolute atomic E-state index is 0.567. The number of rotatable bonds is 4. The van der Waals surface area contributed by atoms with E-state index in [4.69, 9.17) is 0 Å². The summed E-state index contributed by atoms with van der Waals surface area (Å²) in [6, 6.07) is 0. The van der Waals surface area contributed by atoms with E-state index in [1.807, 2.05) is 43.7 Å². The van der Waals surface area contributed by atoms with Crippen molar-refractivity contribution in [1.82, 2.24) is 24.5 Å². The van der Waals surface area contributed by atoms with Crippen LogP contribution in [0.1, 0.15) is 6.92 Å². The molecule has 0 fully saturated rings. The average molecular weight is 247 g/mol. The Labute approximate surface area is 106 Å². The maximum absolute atomic E-state index is 4.39. The topological polar surface area (TPSA) is 71.8 Å². The van der Waals surface area contributed by atoms with Crippen LogP contribution in [0.5, 0.6) is 0 Å². The first-order valence-electron chi connectivity index (χ1n) is 5.75. The maximum Gasteiger partial charge on any atom is 0.230 e. The van der Waals surface area contributed by atoms with Crippen LogP contribution in [0.2, 0.25) is 0 Å². The van der Waals surface area contributed by atoms with Gasteiger partial charge in [-0.1, -0.05) is 0 Å². The molecule has 2 heterocycles. The molecule has 18 heavy (non-hydrogen) atoms. The van der Waals surface area contributed by atoms with Crippen molar-refractivity contribution in [1.29, 1.82) is 0 Å². The summed E-state index contributed by atoms with van der Waals surface area (Å²) in [5.74, 6) is 1.75. The Hall–Kier alpha value is -2.18. The summed E-state index contributed by atoms with van der Waals surface area (Å²) in [5, 5.41) is 3.10. The molecular weight excluding hydrogens is 230 g/mol. The van der Waals surface area contributed by atoms with Gasteiger partial charge < -0.3 is 14.8 Å². The van der Waals surface area contributed by atoms with Crippen molar-refractivity contribution < 1.29 is 0 Å². The number of nitrogens with one attached hydrogen (secondary N) is 1. The molecule has 0 unspecified atom stereocenters. The predicted molar refractivity (Wildman–Crippen MR) is 70.5 cm³/mol. The van der Waals surface area contributed by atoms with Gasteiger partial charge in [-0.05, 0) is 6.92 Å². The zero-order chi connectivity index (χ0) is 13.1. The number of imidazole rings is 1. The fourth-order valence-corrected chi connectivity index (χ4v) is 1.44. The first-order valence-corrected chi connectivity index (χ1v) is 5.75. The molecule has 0 spiro atoms. The van der Waals surface area contributed by atoms with E-state index in [2.05, 4.69) is 25.3 Å². The monoisotopic (exact) mass is 247 g/mol. The highest BCUT2D eigenvalue weighted by molar-refractivity contribution is 5.52.